The molecule has 0 aliphatic heterocycles. The van der Waals surface area contributed by atoms with E-state index in [1.54, 1.807) is 0 Å². The van der Waals surface area contributed by atoms with Crippen LogP contribution in [0, 0.1) is 5.92 Å². The number of rotatable bonds is 7. The van der Waals surface area contributed by atoms with Gasteiger partial charge in [-0.3, -0.25) is 9.59 Å². The van der Waals surface area contributed by atoms with Crippen LogP contribution in [0.15, 0.2) is 0 Å². The summed E-state index contributed by atoms with van der Waals surface area (Å²) in [6.45, 7) is 1.53. The molecule has 0 amide bonds. The molecular formula is C9H18N2O4. The molecule has 0 bridgehead atoms. The molecule has 0 radical (unpaired) electrons. The first-order valence-corrected chi connectivity index (χ1v) is 4.83. The van der Waals surface area contributed by atoms with Crippen molar-refractivity contribution in [2.75, 3.05) is 0 Å². The van der Waals surface area contributed by atoms with E-state index in [-0.39, 0.29) is 0 Å². The molecule has 0 aromatic carbocycles. The molecule has 0 aromatic heterocycles. The van der Waals surface area contributed by atoms with Crippen molar-refractivity contribution in [2.45, 2.75) is 38.3 Å². The third-order valence-corrected chi connectivity index (χ3v) is 2.40. The topological polar surface area (TPSA) is 127 Å². The molecule has 6 nitrogen and oxygen atoms in total. The van der Waals surface area contributed by atoms with E-state index < -0.39 is 29.9 Å². The second-order valence-corrected chi connectivity index (χ2v) is 3.67. The van der Waals surface area contributed by atoms with Crippen LogP contribution in [0.25, 0.3) is 0 Å². The minimum absolute atomic E-state index is 0.315. The fourth-order valence-electron chi connectivity index (χ4n) is 1.13. The maximum Gasteiger partial charge on any atom is 0.320 e. The van der Waals surface area contributed by atoms with Gasteiger partial charge in [0.25, 0.3) is 0 Å². The van der Waals surface area contributed by atoms with Gasteiger partial charge in [-0.25, -0.2) is 0 Å². The molecular weight excluding hydrogens is 200 g/mol. The number of hydrogen-bond donors (Lipinski definition) is 4. The zero-order valence-electron chi connectivity index (χ0n) is 8.72. The van der Waals surface area contributed by atoms with Crippen LogP contribution in [-0.4, -0.2) is 34.2 Å². The van der Waals surface area contributed by atoms with Gasteiger partial charge < -0.3 is 21.7 Å². The fraction of sp³-hybridized carbons (Fsp3) is 0.778. The lowest BCUT2D eigenvalue weighted by Gasteiger charge is -2.16. The quantitative estimate of drug-likeness (QED) is 0.461. The lowest BCUT2D eigenvalue weighted by molar-refractivity contribution is -0.142. The number of hydrogen-bond acceptors (Lipinski definition) is 4. The van der Waals surface area contributed by atoms with Gasteiger partial charge in [-0.15, -0.1) is 0 Å². The standard InChI is InChI=1S/C9H18N2O4/c1-5(8(12)13)6(10)3-2-4-7(11)9(14)15/h5-7H,2-4,10-11H2,1H3,(H,12,13)(H,14,15). The molecule has 88 valence electrons. The van der Waals surface area contributed by atoms with Crippen LogP contribution < -0.4 is 11.5 Å². The zero-order valence-corrected chi connectivity index (χ0v) is 8.72. The Labute approximate surface area is 88.3 Å². The minimum Gasteiger partial charge on any atom is -0.481 e. The van der Waals surface area contributed by atoms with Gasteiger partial charge in [0.15, 0.2) is 0 Å². The largest absolute Gasteiger partial charge is 0.481 e. The van der Waals surface area contributed by atoms with E-state index in [1.165, 1.54) is 6.92 Å². The second-order valence-electron chi connectivity index (χ2n) is 3.67. The van der Waals surface area contributed by atoms with Gasteiger partial charge in [0.05, 0.1) is 5.92 Å². The maximum atomic E-state index is 10.5. The lowest BCUT2D eigenvalue weighted by atomic mass is 9.96. The van der Waals surface area contributed by atoms with Gasteiger partial charge in [0, 0.05) is 6.04 Å². The highest BCUT2D eigenvalue weighted by Crippen LogP contribution is 2.09. The smallest absolute Gasteiger partial charge is 0.320 e. The Kier molecular flexibility index (Phi) is 5.88. The Balaban J connectivity index is 3.77. The van der Waals surface area contributed by atoms with Crippen molar-refractivity contribution in [2.24, 2.45) is 17.4 Å². The van der Waals surface area contributed by atoms with E-state index >= 15 is 0 Å². The highest BCUT2D eigenvalue weighted by Gasteiger charge is 2.20. The average molecular weight is 218 g/mol. The van der Waals surface area contributed by atoms with E-state index in [0.717, 1.165) is 0 Å². The molecule has 0 rings (SSSR count). The van der Waals surface area contributed by atoms with Crippen LogP contribution in [0.3, 0.4) is 0 Å². The molecule has 0 fully saturated rings. The first kappa shape index (κ1) is 13.9. The summed E-state index contributed by atoms with van der Waals surface area (Å²) in [6.07, 6.45) is 1.30. The highest BCUT2D eigenvalue weighted by molar-refractivity contribution is 5.73. The zero-order chi connectivity index (χ0) is 12.0. The summed E-state index contributed by atoms with van der Waals surface area (Å²) < 4.78 is 0. The molecule has 3 unspecified atom stereocenters. The third-order valence-electron chi connectivity index (χ3n) is 2.40. The number of carbonyl (C=O) groups is 2. The van der Waals surface area contributed by atoms with Crippen molar-refractivity contribution in [3.63, 3.8) is 0 Å². The van der Waals surface area contributed by atoms with Gasteiger partial charge >= 0.3 is 11.9 Å². The first-order chi connectivity index (χ1) is 6.86. The summed E-state index contributed by atoms with van der Waals surface area (Å²) in [6, 6.07) is -1.35. The molecule has 0 aliphatic carbocycles. The molecule has 0 saturated heterocycles. The van der Waals surface area contributed by atoms with Gasteiger partial charge in [-0.1, -0.05) is 6.92 Å². The summed E-state index contributed by atoms with van der Waals surface area (Å²) in [5.74, 6) is -2.61. The third kappa shape index (κ3) is 5.34. The van der Waals surface area contributed by atoms with Crippen molar-refractivity contribution < 1.29 is 19.8 Å². The summed E-state index contributed by atoms with van der Waals surface area (Å²) in [5, 5.41) is 17.1. The minimum atomic E-state index is -1.05. The van der Waals surface area contributed by atoms with Crippen LogP contribution in [0.4, 0.5) is 0 Å². The number of carboxylic acids is 2. The van der Waals surface area contributed by atoms with Crippen LogP contribution >= 0.6 is 0 Å². The van der Waals surface area contributed by atoms with Crippen LogP contribution in [-0.2, 0) is 9.59 Å². The second kappa shape index (κ2) is 6.36. The molecule has 6 N–H and O–H groups in total. The van der Waals surface area contributed by atoms with Gasteiger partial charge in [-0.2, -0.15) is 0 Å². The molecule has 0 aliphatic rings. The van der Waals surface area contributed by atoms with Crippen molar-refractivity contribution in [1.29, 1.82) is 0 Å². The van der Waals surface area contributed by atoms with E-state index in [0.29, 0.717) is 19.3 Å². The monoisotopic (exact) mass is 218 g/mol. The predicted octanol–water partition coefficient (Wildman–Crippen LogP) is -0.383. The first-order valence-electron chi connectivity index (χ1n) is 4.83. The summed E-state index contributed by atoms with van der Waals surface area (Å²) >= 11 is 0. The Hall–Kier alpha value is -1.14. The molecule has 6 heteroatoms. The Morgan fingerprint density at radius 1 is 1.13 bits per heavy atom. The van der Waals surface area contributed by atoms with Gasteiger partial charge in [0.2, 0.25) is 0 Å². The van der Waals surface area contributed by atoms with E-state index in [2.05, 4.69) is 0 Å². The Morgan fingerprint density at radius 3 is 2.07 bits per heavy atom. The molecule has 0 heterocycles. The van der Waals surface area contributed by atoms with E-state index in [4.69, 9.17) is 21.7 Å². The van der Waals surface area contributed by atoms with Gasteiger partial charge in [-0.05, 0) is 19.3 Å². The van der Waals surface area contributed by atoms with Crippen LogP contribution in [0.2, 0.25) is 0 Å². The Morgan fingerprint density at radius 2 is 1.67 bits per heavy atom. The Bertz CT molecular complexity index is 232. The lowest BCUT2D eigenvalue weighted by Crippen LogP contribution is -2.34. The fourth-order valence-corrected chi connectivity index (χ4v) is 1.13. The molecule has 0 saturated carbocycles. The number of nitrogens with two attached hydrogens (primary N) is 2. The van der Waals surface area contributed by atoms with Crippen molar-refractivity contribution in [3.8, 4) is 0 Å². The number of aliphatic carboxylic acids is 2. The van der Waals surface area contributed by atoms with E-state index in [1.807, 2.05) is 0 Å². The van der Waals surface area contributed by atoms with Crippen molar-refractivity contribution >= 4 is 11.9 Å². The van der Waals surface area contributed by atoms with Crippen molar-refractivity contribution in [1.82, 2.24) is 0 Å². The number of carboxylic acid groups (broad SMARTS) is 2. The normalized spacial score (nSPS) is 16.7. The van der Waals surface area contributed by atoms with Crippen LogP contribution in [0.5, 0.6) is 0 Å². The molecule has 3 atom stereocenters. The van der Waals surface area contributed by atoms with Crippen molar-refractivity contribution in [3.05, 3.63) is 0 Å². The predicted molar refractivity (Wildman–Crippen MR) is 54.2 cm³/mol. The molecule has 15 heavy (non-hydrogen) atoms. The summed E-state index contributed by atoms with van der Waals surface area (Å²) in [4.78, 5) is 20.9. The SMILES string of the molecule is CC(C(=O)O)C(N)CCCC(N)C(=O)O. The maximum absolute atomic E-state index is 10.5. The van der Waals surface area contributed by atoms with Crippen LogP contribution in [0.1, 0.15) is 26.2 Å². The van der Waals surface area contributed by atoms with Gasteiger partial charge in [0.1, 0.15) is 6.04 Å². The summed E-state index contributed by atoms with van der Waals surface area (Å²) in [7, 11) is 0. The summed E-state index contributed by atoms with van der Waals surface area (Å²) in [5.41, 5.74) is 10.9. The highest BCUT2D eigenvalue weighted by atomic mass is 16.4. The van der Waals surface area contributed by atoms with E-state index in [9.17, 15) is 9.59 Å². The molecule has 0 spiro atoms. The average Bonchev–Trinajstić information content (AvgIpc) is 2.15. The molecule has 0 aromatic rings.